The van der Waals surface area contributed by atoms with Crippen LogP contribution in [0.2, 0.25) is 0 Å². The summed E-state index contributed by atoms with van der Waals surface area (Å²) in [4.78, 5) is 10.9. The Morgan fingerprint density at radius 1 is 1.22 bits per heavy atom. The summed E-state index contributed by atoms with van der Waals surface area (Å²) in [5, 5.41) is 19.7. The van der Waals surface area contributed by atoms with Crippen molar-refractivity contribution >= 4 is 5.82 Å². The average Bonchev–Trinajstić information content (AvgIpc) is 2.89. The van der Waals surface area contributed by atoms with Gasteiger partial charge in [-0.1, -0.05) is 6.42 Å². The summed E-state index contributed by atoms with van der Waals surface area (Å²) in [6.45, 7) is 0. The largest absolute Gasteiger partial charge is 0.507 e. The first-order valence-electron chi connectivity index (χ1n) is 9.13. The number of benzene rings is 1. The second-order valence-electron chi connectivity index (χ2n) is 7.29. The molecule has 2 atom stereocenters. The van der Waals surface area contributed by atoms with Gasteiger partial charge >= 0.3 is 0 Å². The van der Waals surface area contributed by atoms with Gasteiger partial charge in [-0.25, -0.2) is 14.4 Å². The lowest BCUT2D eigenvalue weighted by Gasteiger charge is -2.22. The minimum Gasteiger partial charge on any atom is -0.507 e. The number of nitrogens with zero attached hydrogens (tertiary/aromatic N) is 4. The van der Waals surface area contributed by atoms with E-state index < -0.39 is 5.82 Å². The summed E-state index contributed by atoms with van der Waals surface area (Å²) in [6, 6.07) is 6.23. The molecular weight excluding hydrogens is 345 g/mol. The minimum atomic E-state index is -0.501. The van der Waals surface area contributed by atoms with Crippen LogP contribution >= 0.6 is 0 Å². The lowest BCUT2D eigenvalue weighted by Crippen LogP contribution is -2.27. The molecule has 3 N–H and O–H groups in total. The second kappa shape index (κ2) is 7.89. The van der Waals surface area contributed by atoms with Crippen LogP contribution in [0.25, 0.3) is 11.4 Å². The molecule has 0 bridgehead atoms. The number of phenols is 1. The normalized spacial score (nSPS) is 20.3. The van der Waals surface area contributed by atoms with E-state index in [0.29, 0.717) is 11.7 Å². The molecule has 2 unspecified atom stereocenters. The Hall–Kier alpha value is -2.72. The third-order valence-electron chi connectivity index (χ3n) is 5.33. The number of nitriles is 1. The summed E-state index contributed by atoms with van der Waals surface area (Å²) in [6.07, 6.45) is 4.94. The van der Waals surface area contributed by atoms with Crippen molar-refractivity contribution in [2.45, 2.75) is 44.1 Å². The Labute approximate surface area is 158 Å². The third-order valence-corrected chi connectivity index (χ3v) is 5.33. The second-order valence-corrected chi connectivity index (χ2v) is 7.29. The Morgan fingerprint density at radius 2 is 2.00 bits per heavy atom. The van der Waals surface area contributed by atoms with Crippen LogP contribution in [0.15, 0.2) is 18.2 Å². The van der Waals surface area contributed by atoms with Crippen LogP contribution < -0.4 is 5.73 Å². The first-order chi connectivity index (χ1) is 12.9. The smallest absolute Gasteiger partial charge is 0.165 e. The average molecular weight is 369 g/mol. The van der Waals surface area contributed by atoms with Crippen molar-refractivity contribution in [2.75, 3.05) is 19.8 Å². The van der Waals surface area contributed by atoms with E-state index in [1.54, 1.807) is 0 Å². The van der Waals surface area contributed by atoms with Gasteiger partial charge in [0.05, 0.1) is 11.3 Å². The van der Waals surface area contributed by atoms with Crippen LogP contribution in [0.3, 0.4) is 0 Å². The monoisotopic (exact) mass is 369 g/mol. The maximum atomic E-state index is 13.7. The van der Waals surface area contributed by atoms with Gasteiger partial charge in [-0.15, -0.1) is 0 Å². The van der Waals surface area contributed by atoms with Crippen LogP contribution in [0.1, 0.15) is 49.3 Å². The Morgan fingerprint density at radius 3 is 2.70 bits per heavy atom. The standard InChI is InChI=1S/C20H24FN5O/c1-26(2)14-5-3-4-12(6-8-14)18-16(11-22)19(23)25-20(24-18)15-10-13(21)7-9-17(15)27/h7,9-10,12,14,27H,3-6,8H2,1-2H3,(H2,23,24,25). The zero-order valence-electron chi connectivity index (χ0n) is 15.6. The number of aromatic nitrogens is 2. The molecule has 1 fully saturated rings. The molecule has 7 heteroatoms. The van der Waals surface area contributed by atoms with E-state index in [1.165, 1.54) is 18.2 Å². The number of phenolic OH excluding ortho intramolecular Hbond substituents is 1. The molecular formula is C20H24FN5O. The molecule has 0 aliphatic heterocycles. The molecule has 0 radical (unpaired) electrons. The number of hydrogen-bond donors (Lipinski definition) is 2. The van der Waals surface area contributed by atoms with Gasteiger partial charge in [0, 0.05) is 12.0 Å². The van der Waals surface area contributed by atoms with E-state index in [9.17, 15) is 14.8 Å². The summed E-state index contributed by atoms with van der Waals surface area (Å²) in [5.41, 5.74) is 7.08. The molecule has 1 aromatic carbocycles. The van der Waals surface area contributed by atoms with Crippen molar-refractivity contribution in [2.24, 2.45) is 0 Å². The van der Waals surface area contributed by atoms with Crippen LogP contribution in [-0.4, -0.2) is 40.1 Å². The van der Waals surface area contributed by atoms with Crippen molar-refractivity contribution in [1.82, 2.24) is 14.9 Å². The van der Waals surface area contributed by atoms with E-state index in [-0.39, 0.29) is 34.4 Å². The molecule has 27 heavy (non-hydrogen) atoms. The number of nitrogen functional groups attached to an aromatic ring is 1. The zero-order chi connectivity index (χ0) is 19.6. The van der Waals surface area contributed by atoms with Gasteiger partial charge in [0.2, 0.25) is 0 Å². The Kier molecular flexibility index (Phi) is 5.57. The molecule has 2 aromatic rings. The van der Waals surface area contributed by atoms with E-state index in [0.717, 1.165) is 32.1 Å². The summed E-state index contributed by atoms with van der Waals surface area (Å²) in [5.74, 6) is -0.329. The van der Waals surface area contributed by atoms with Crippen molar-refractivity contribution < 1.29 is 9.50 Å². The topological polar surface area (TPSA) is 99.1 Å². The molecule has 142 valence electrons. The van der Waals surface area contributed by atoms with Crippen LogP contribution in [-0.2, 0) is 0 Å². The molecule has 1 saturated carbocycles. The molecule has 3 rings (SSSR count). The van der Waals surface area contributed by atoms with Gasteiger partial charge in [0.15, 0.2) is 5.82 Å². The molecule has 1 aromatic heterocycles. The highest BCUT2D eigenvalue weighted by molar-refractivity contribution is 5.67. The summed E-state index contributed by atoms with van der Waals surface area (Å²) in [7, 11) is 4.17. The van der Waals surface area contributed by atoms with Crippen molar-refractivity contribution in [3.63, 3.8) is 0 Å². The van der Waals surface area contributed by atoms with E-state index in [2.05, 4.69) is 35.0 Å². The number of aromatic hydroxyl groups is 1. The van der Waals surface area contributed by atoms with Gasteiger partial charge in [-0.3, -0.25) is 0 Å². The number of nitrogens with two attached hydrogens (primary N) is 1. The first-order valence-corrected chi connectivity index (χ1v) is 9.13. The van der Waals surface area contributed by atoms with E-state index >= 15 is 0 Å². The van der Waals surface area contributed by atoms with Crippen molar-refractivity contribution in [3.05, 3.63) is 35.3 Å². The van der Waals surface area contributed by atoms with Crippen LogP contribution in [0.5, 0.6) is 5.75 Å². The van der Waals surface area contributed by atoms with Gasteiger partial charge < -0.3 is 15.7 Å². The lowest BCUT2D eigenvalue weighted by molar-refractivity contribution is 0.266. The predicted octanol–water partition coefficient (Wildman–Crippen LogP) is 3.42. The molecule has 1 heterocycles. The number of hydrogen-bond acceptors (Lipinski definition) is 6. The van der Waals surface area contributed by atoms with Crippen molar-refractivity contribution in [3.8, 4) is 23.2 Å². The van der Waals surface area contributed by atoms with Gasteiger partial charge in [0.25, 0.3) is 0 Å². The van der Waals surface area contributed by atoms with Crippen LogP contribution in [0, 0.1) is 17.1 Å². The Bertz CT molecular complexity index is 877. The summed E-state index contributed by atoms with van der Waals surface area (Å²) < 4.78 is 13.7. The number of rotatable bonds is 3. The van der Waals surface area contributed by atoms with Gasteiger partial charge in [-0.05, 0) is 58.0 Å². The zero-order valence-corrected chi connectivity index (χ0v) is 15.6. The number of halogens is 1. The van der Waals surface area contributed by atoms with E-state index in [4.69, 9.17) is 5.73 Å². The first kappa shape index (κ1) is 19.1. The van der Waals surface area contributed by atoms with Gasteiger partial charge in [-0.2, -0.15) is 5.26 Å². The highest BCUT2D eigenvalue weighted by Crippen LogP contribution is 2.36. The van der Waals surface area contributed by atoms with Gasteiger partial charge in [0.1, 0.15) is 29.0 Å². The fourth-order valence-electron chi connectivity index (χ4n) is 3.79. The maximum absolute atomic E-state index is 13.7. The molecule has 0 spiro atoms. The lowest BCUT2D eigenvalue weighted by atomic mass is 9.93. The minimum absolute atomic E-state index is 0.0644. The molecule has 1 aliphatic rings. The number of anilines is 1. The fourth-order valence-corrected chi connectivity index (χ4v) is 3.79. The van der Waals surface area contributed by atoms with Crippen LogP contribution in [0.4, 0.5) is 10.2 Å². The summed E-state index contributed by atoms with van der Waals surface area (Å²) >= 11 is 0. The quantitative estimate of drug-likeness (QED) is 0.804. The Balaban J connectivity index is 2.03. The molecule has 6 nitrogen and oxygen atoms in total. The highest BCUT2D eigenvalue weighted by atomic mass is 19.1. The maximum Gasteiger partial charge on any atom is 0.165 e. The molecule has 1 aliphatic carbocycles. The fraction of sp³-hybridized carbons (Fsp3) is 0.450. The van der Waals surface area contributed by atoms with E-state index in [1.807, 2.05) is 0 Å². The third kappa shape index (κ3) is 4.01. The SMILES string of the molecule is CN(C)C1CCCC(c2nc(-c3cc(F)ccc3O)nc(N)c2C#N)CC1. The highest BCUT2D eigenvalue weighted by Gasteiger charge is 2.26. The predicted molar refractivity (Wildman–Crippen MR) is 102 cm³/mol. The van der Waals surface area contributed by atoms with Crippen molar-refractivity contribution in [1.29, 1.82) is 5.26 Å². The molecule has 0 amide bonds. The molecule has 0 saturated heterocycles.